The SMILES string of the molecule is CC1CCN(C(CNC(=O)N(C)Cc2ccc(Cl)s2)c2cccs2)CC1. The van der Waals surface area contributed by atoms with E-state index in [0.29, 0.717) is 13.1 Å². The molecule has 3 rings (SSSR count). The molecule has 0 aliphatic carbocycles. The molecule has 1 aliphatic rings. The van der Waals surface area contributed by atoms with E-state index < -0.39 is 0 Å². The highest BCUT2D eigenvalue weighted by Crippen LogP contribution is 2.29. The summed E-state index contributed by atoms with van der Waals surface area (Å²) in [5.41, 5.74) is 0. The van der Waals surface area contributed by atoms with Gasteiger partial charge in [0.05, 0.1) is 16.9 Å². The van der Waals surface area contributed by atoms with Gasteiger partial charge in [0.2, 0.25) is 0 Å². The quantitative estimate of drug-likeness (QED) is 0.719. The van der Waals surface area contributed by atoms with E-state index in [1.54, 1.807) is 16.2 Å². The number of amides is 2. The lowest BCUT2D eigenvalue weighted by molar-refractivity contribution is 0.135. The number of urea groups is 1. The van der Waals surface area contributed by atoms with Crippen LogP contribution in [0.5, 0.6) is 0 Å². The summed E-state index contributed by atoms with van der Waals surface area (Å²) in [7, 11) is 1.83. The first-order valence-electron chi connectivity index (χ1n) is 9.03. The van der Waals surface area contributed by atoms with Crippen molar-refractivity contribution in [2.45, 2.75) is 32.4 Å². The molecule has 2 amide bonds. The third-order valence-corrected chi connectivity index (χ3v) is 7.14. The number of hydrogen-bond acceptors (Lipinski definition) is 4. The van der Waals surface area contributed by atoms with E-state index in [2.05, 4.69) is 34.7 Å². The first kappa shape index (κ1) is 19.7. The molecule has 1 N–H and O–H groups in total. The standard InChI is InChI=1S/C19H26ClN3OS2/c1-14-7-9-23(10-8-14)16(17-4-3-11-25-17)12-21-19(24)22(2)13-15-5-6-18(20)26-15/h3-6,11,14,16H,7-10,12-13H2,1-2H3,(H,21,24). The maximum absolute atomic E-state index is 12.5. The van der Waals surface area contributed by atoms with Crippen LogP contribution in [0.25, 0.3) is 0 Å². The maximum atomic E-state index is 12.5. The Morgan fingerprint density at radius 3 is 2.77 bits per heavy atom. The Kier molecular flexibility index (Phi) is 6.98. The predicted molar refractivity (Wildman–Crippen MR) is 111 cm³/mol. The minimum atomic E-state index is -0.0403. The van der Waals surface area contributed by atoms with Gasteiger partial charge in [0.25, 0.3) is 0 Å². The summed E-state index contributed by atoms with van der Waals surface area (Å²) in [6.45, 7) is 5.74. The van der Waals surface area contributed by atoms with Gasteiger partial charge >= 0.3 is 6.03 Å². The van der Waals surface area contributed by atoms with Crippen molar-refractivity contribution in [3.63, 3.8) is 0 Å². The Labute approximate surface area is 168 Å². The van der Waals surface area contributed by atoms with Gasteiger partial charge in [-0.2, -0.15) is 0 Å². The van der Waals surface area contributed by atoms with Gasteiger partial charge in [-0.3, -0.25) is 4.90 Å². The molecular weight excluding hydrogens is 386 g/mol. The Hall–Kier alpha value is -1.08. The fourth-order valence-corrected chi connectivity index (χ4v) is 5.29. The van der Waals surface area contributed by atoms with Crippen molar-refractivity contribution < 1.29 is 4.79 Å². The number of nitrogens with one attached hydrogen (secondary N) is 1. The van der Waals surface area contributed by atoms with E-state index in [0.717, 1.165) is 28.2 Å². The number of hydrogen-bond donors (Lipinski definition) is 1. The number of rotatable bonds is 6. The minimum absolute atomic E-state index is 0.0403. The van der Waals surface area contributed by atoms with Gasteiger partial charge in [-0.05, 0) is 55.4 Å². The third kappa shape index (κ3) is 5.22. The molecule has 2 aromatic rings. The van der Waals surface area contributed by atoms with Gasteiger partial charge in [0.1, 0.15) is 0 Å². The van der Waals surface area contributed by atoms with Crippen LogP contribution in [0.3, 0.4) is 0 Å². The van der Waals surface area contributed by atoms with Gasteiger partial charge in [-0.15, -0.1) is 22.7 Å². The first-order chi connectivity index (χ1) is 12.5. The highest BCUT2D eigenvalue weighted by molar-refractivity contribution is 7.16. The summed E-state index contributed by atoms with van der Waals surface area (Å²) in [5.74, 6) is 0.800. The van der Waals surface area contributed by atoms with Crippen LogP contribution < -0.4 is 5.32 Å². The number of nitrogens with zero attached hydrogens (tertiary/aromatic N) is 2. The molecule has 4 nitrogen and oxygen atoms in total. The number of piperidine rings is 1. The Morgan fingerprint density at radius 2 is 2.15 bits per heavy atom. The molecule has 0 radical (unpaired) electrons. The number of thiophene rings is 2. The van der Waals surface area contributed by atoms with Crippen LogP contribution in [0.1, 0.15) is 35.6 Å². The summed E-state index contributed by atoms with van der Waals surface area (Å²) in [6.07, 6.45) is 2.46. The normalized spacial score (nSPS) is 17.2. The molecule has 7 heteroatoms. The second-order valence-electron chi connectivity index (χ2n) is 7.00. The van der Waals surface area contributed by atoms with E-state index in [1.807, 2.05) is 19.2 Å². The number of likely N-dealkylation sites (tertiary alicyclic amines) is 1. The second kappa shape index (κ2) is 9.22. The third-order valence-electron chi connectivity index (χ3n) is 4.95. The molecule has 0 aromatic carbocycles. The monoisotopic (exact) mass is 411 g/mol. The van der Waals surface area contributed by atoms with Crippen LogP contribution >= 0.6 is 34.3 Å². The Balaban J connectivity index is 1.57. The Bertz CT molecular complexity index is 695. The fraction of sp³-hybridized carbons (Fsp3) is 0.526. The molecule has 0 bridgehead atoms. The van der Waals surface area contributed by atoms with E-state index in [4.69, 9.17) is 11.6 Å². The smallest absolute Gasteiger partial charge is 0.317 e. The summed E-state index contributed by atoms with van der Waals surface area (Å²) in [5, 5.41) is 5.24. The van der Waals surface area contributed by atoms with Crippen LogP contribution in [0.15, 0.2) is 29.6 Å². The highest BCUT2D eigenvalue weighted by atomic mass is 35.5. The lowest BCUT2D eigenvalue weighted by atomic mass is 9.97. The zero-order chi connectivity index (χ0) is 18.5. The maximum Gasteiger partial charge on any atom is 0.317 e. The van der Waals surface area contributed by atoms with Crippen molar-refractivity contribution in [1.29, 1.82) is 0 Å². The summed E-state index contributed by atoms with van der Waals surface area (Å²) in [4.78, 5) is 19.2. The summed E-state index contributed by atoms with van der Waals surface area (Å²) < 4.78 is 0.755. The molecule has 2 aromatic heterocycles. The largest absolute Gasteiger partial charge is 0.336 e. The average molecular weight is 412 g/mol. The van der Waals surface area contributed by atoms with Crippen molar-refractivity contribution in [3.8, 4) is 0 Å². The molecule has 0 saturated carbocycles. The number of carbonyl (C=O) groups is 1. The van der Waals surface area contributed by atoms with Crippen LogP contribution in [-0.4, -0.2) is 42.5 Å². The first-order valence-corrected chi connectivity index (χ1v) is 11.1. The van der Waals surface area contributed by atoms with Gasteiger partial charge in [0.15, 0.2) is 0 Å². The van der Waals surface area contributed by atoms with E-state index in [9.17, 15) is 4.79 Å². The fourth-order valence-electron chi connectivity index (χ4n) is 3.29. The molecule has 142 valence electrons. The van der Waals surface area contributed by atoms with Gasteiger partial charge in [-0.25, -0.2) is 4.79 Å². The molecule has 1 fully saturated rings. The molecule has 3 heterocycles. The molecular formula is C19H26ClN3OS2. The van der Waals surface area contributed by atoms with Crippen LogP contribution in [0, 0.1) is 5.92 Å². The van der Waals surface area contributed by atoms with Crippen LogP contribution in [0.4, 0.5) is 4.79 Å². The van der Waals surface area contributed by atoms with Crippen molar-refractivity contribution in [2.75, 3.05) is 26.7 Å². The Morgan fingerprint density at radius 1 is 1.38 bits per heavy atom. The zero-order valence-corrected chi connectivity index (χ0v) is 17.7. The average Bonchev–Trinajstić information content (AvgIpc) is 3.28. The molecule has 1 aliphatic heterocycles. The molecule has 1 unspecified atom stereocenters. The molecule has 0 spiro atoms. The van der Waals surface area contributed by atoms with E-state index in [1.165, 1.54) is 29.1 Å². The van der Waals surface area contributed by atoms with E-state index in [-0.39, 0.29) is 12.1 Å². The van der Waals surface area contributed by atoms with Crippen molar-refractivity contribution in [1.82, 2.24) is 15.1 Å². The topological polar surface area (TPSA) is 35.6 Å². The number of halogens is 1. The number of carbonyl (C=O) groups excluding carboxylic acids is 1. The zero-order valence-electron chi connectivity index (χ0n) is 15.3. The lowest BCUT2D eigenvalue weighted by Crippen LogP contribution is -2.44. The minimum Gasteiger partial charge on any atom is -0.336 e. The van der Waals surface area contributed by atoms with Crippen molar-refractivity contribution in [3.05, 3.63) is 43.7 Å². The van der Waals surface area contributed by atoms with Gasteiger partial charge in [-0.1, -0.05) is 24.6 Å². The molecule has 1 saturated heterocycles. The van der Waals surface area contributed by atoms with Crippen LogP contribution in [-0.2, 0) is 6.54 Å². The van der Waals surface area contributed by atoms with Crippen molar-refractivity contribution in [2.24, 2.45) is 5.92 Å². The van der Waals surface area contributed by atoms with E-state index >= 15 is 0 Å². The second-order valence-corrected chi connectivity index (χ2v) is 9.78. The predicted octanol–water partition coefficient (Wildman–Crippen LogP) is 5.08. The molecule has 26 heavy (non-hydrogen) atoms. The summed E-state index contributed by atoms with van der Waals surface area (Å²) >= 11 is 9.26. The molecule has 1 atom stereocenters. The van der Waals surface area contributed by atoms with Crippen LogP contribution in [0.2, 0.25) is 4.34 Å². The lowest BCUT2D eigenvalue weighted by Gasteiger charge is -2.36. The highest BCUT2D eigenvalue weighted by Gasteiger charge is 2.26. The van der Waals surface area contributed by atoms with Gasteiger partial charge < -0.3 is 10.2 Å². The summed E-state index contributed by atoms with van der Waals surface area (Å²) in [6, 6.07) is 8.33. The van der Waals surface area contributed by atoms with Crippen molar-refractivity contribution >= 4 is 40.3 Å². The van der Waals surface area contributed by atoms with Gasteiger partial charge in [0, 0.05) is 23.3 Å².